The molecular formula is C20H14BrClN2O7. The van der Waals surface area contributed by atoms with Crippen molar-refractivity contribution in [1.82, 2.24) is 0 Å². The Morgan fingerprint density at radius 2 is 2.10 bits per heavy atom. The molecule has 1 heterocycles. The fourth-order valence-corrected chi connectivity index (χ4v) is 3.38. The van der Waals surface area contributed by atoms with Crippen molar-refractivity contribution in [2.45, 2.75) is 13.8 Å². The van der Waals surface area contributed by atoms with Crippen LogP contribution in [0.1, 0.15) is 25.0 Å². The molecule has 0 radical (unpaired) electrons. The van der Waals surface area contributed by atoms with Gasteiger partial charge in [-0.25, -0.2) is 9.79 Å². The van der Waals surface area contributed by atoms with Crippen LogP contribution in [0.25, 0.3) is 6.08 Å². The third-order valence-corrected chi connectivity index (χ3v) is 4.80. The number of hydrogen-bond donors (Lipinski definition) is 0. The molecule has 0 bridgehead atoms. The maximum atomic E-state index is 12.3. The molecule has 0 aliphatic carbocycles. The van der Waals surface area contributed by atoms with E-state index in [0.717, 1.165) is 0 Å². The molecule has 0 atom stereocenters. The average molecular weight is 510 g/mol. The Labute approximate surface area is 189 Å². The van der Waals surface area contributed by atoms with Gasteiger partial charge in [0.1, 0.15) is 5.02 Å². The van der Waals surface area contributed by atoms with Crippen molar-refractivity contribution in [1.29, 1.82) is 0 Å². The zero-order valence-electron chi connectivity index (χ0n) is 16.2. The Bertz CT molecular complexity index is 1160. The summed E-state index contributed by atoms with van der Waals surface area (Å²) in [5.41, 5.74) is 0.392. The van der Waals surface area contributed by atoms with Crippen molar-refractivity contribution in [2.24, 2.45) is 4.99 Å². The minimum Gasteiger partial charge on any atom is -0.490 e. The van der Waals surface area contributed by atoms with Gasteiger partial charge >= 0.3 is 11.9 Å². The summed E-state index contributed by atoms with van der Waals surface area (Å²) in [4.78, 5) is 38.2. The third kappa shape index (κ3) is 5.09. The van der Waals surface area contributed by atoms with Crippen molar-refractivity contribution in [3.05, 3.63) is 66.8 Å². The van der Waals surface area contributed by atoms with Crippen molar-refractivity contribution in [3.63, 3.8) is 0 Å². The number of aliphatic imine (C=N–C) groups is 1. The zero-order valence-corrected chi connectivity index (χ0v) is 18.5. The van der Waals surface area contributed by atoms with E-state index in [1.54, 1.807) is 19.1 Å². The predicted octanol–water partition coefficient (Wildman–Crippen LogP) is 4.68. The van der Waals surface area contributed by atoms with E-state index in [4.69, 9.17) is 25.8 Å². The molecule has 1 aliphatic rings. The van der Waals surface area contributed by atoms with Gasteiger partial charge in [0, 0.05) is 18.6 Å². The molecule has 0 fully saturated rings. The lowest BCUT2D eigenvalue weighted by molar-refractivity contribution is -0.384. The first-order valence-corrected chi connectivity index (χ1v) is 9.98. The van der Waals surface area contributed by atoms with Crippen LogP contribution in [0.3, 0.4) is 0 Å². The second kappa shape index (κ2) is 9.27. The van der Waals surface area contributed by atoms with Crippen LogP contribution in [0.4, 0.5) is 5.69 Å². The van der Waals surface area contributed by atoms with Gasteiger partial charge in [0.25, 0.3) is 5.69 Å². The second-order valence-electron chi connectivity index (χ2n) is 6.12. The molecule has 0 unspecified atom stereocenters. The van der Waals surface area contributed by atoms with Crippen molar-refractivity contribution >= 4 is 57.1 Å². The molecule has 2 aromatic rings. The SMILES string of the molecule is CCOc1cc(/C=C2\N=C(c3ccc(Cl)c([N+](=O)[O-])c3)OC2=O)cc(Br)c1OC(C)=O. The van der Waals surface area contributed by atoms with Gasteiger partial charge in [0.15, 0.2) is 17.2 Å². The van der Waals surface area contributed by atoms with Gasteiger partial charge in [-0.15, -0.1) is 0 Å². The van der Waals surface area contributed by atoms with E-state index in [0.29, 0.717) is 22.4 Å². The van der Waals surface area contributed by atoms with Crippen LogP contribution < -0.4 is 9.47 Å². The van der Waals surface area contributed by atoms with Crippen LogP contribution in [0, 0.1) is 10.1 Å². The fourth-order valence-electron chi connectivity index (χ4n) is 2.65. The van der Waals surface area contributed by atoms with Gasteiger partial charge in [-0.05, 0) is 58.8 Å². The molecule has 31 heavy (non-hydrogen) atoms. The topological polar surface area (TPSA) is 117 Å². The third-order valence-electron chi connectivity index (χ3n) is 3.89. The molecule has 0 spiro atoms. The normalized spacial score (nSPS) is 14.3. The maximum Gasteiger partial charge on any atom is 0.363 e. The molecular weight excluding hydrogens is 496 g/mol. The zero-order chi connectivity index (χ0) is 22.7. The fraction of sp³-hybridized carbons (Fsp3) is 0.150. The summed E-state index contributed by atoms with van der Waals surface area (Å²) in [5, 5.41) is 11.0. The Morgan fingerprint density at radius 3 is 2.74 bits per heavy atom. The van der Waals surface area contributed by atoms with E-state index in [2.05, 4.69) is 20.9 Å². The van der Waals surface area contributed by atoms with E-state index in [-0.39, 0.29) is 33.6 Å². The Morgan fingerprint density at radius 1 is 1.35 bits per heavy atom. The van der Waals surface area contributed by atoms with Gasteiger partial charge in [0.2, 0.25) is 5.90 Å². The lowest BCUT2D eigenvalue weighted by atomic mass is 10.1. The minimum absolute atomic E-state index is 0.0258. The molecule has 11 heteroatoms. The lowest BCUT2D eigenvalue weighted by Gasteiger charge is -2.12. The number of nitro benzene ring substituents is 1. The Balaban J connectivity index is 1.99. The minimum atomic E-state index is -0.731. The van der Waals surface area contributed by atoms with Crippen LogP contribution >= 0.6 is 27.5 Å². The summed E-state index contributed by atoms with van der Waals surface area (Å²) in [5.74, 6) is -0.827. The quantitative estimate of drug-likeness (QED) is 0.182. The summed E-state index contributed by atoms with van der Waals surface area (Å²) in [6.45, 7) is 3.36. The van der Waals surface area contributed by atoms with Gasteiger partial charge in [-0.1, -0.05) is 11.6 Å². The van der Waals surface area contributed by atoms with E-state index in [1.807, 2.05) is 0 Å². The van der Waals surface area contributed by atoms with Crippen molar-refractivity contribution in [2.75, 3.05) is 6.61 Å². The number of nitrogens with zero attached hydrogens (tertiary/aromatic N) is 2. The Hall–Kier alpha value is -3.24. The van der Waals surface area contributed by atoms with Crippen molar-refractivity contribution in [3.8, 4) is 11.5 Å². The second-order valence-corrected chi connectivity index (χ2v) is 7.38. The first kappa shape index (κ1) is 22.4. The molecule has 0 saturated carbocycles. The predicted molar refractivity (Wildman–Crippen MR) is 115 cm³/mol. The van der Waals surface area contributed by atoms with Crippen LogP contribution in [0.5, 0.6) is 11.5 Å². The number of carbonyl (C=O) groups is 2. The molecule has 160 valence electrons. The summed E-state index contributed by atoms with van der Waals surface area (Å²) in [6, 6.07) is 7.15. The van der Waals surface area contributed by atoms with Crippen LogP contribution in [0.2, 0.25) is 5.02 Å². The number of hydrogen-bond acceptors (Lipinski definition) is 8. The highest BCUT2D eigenvalue weighted by molar-refractivity contribution is 9.10. The molecule has 2 aromatic carbocycles. The number of halogens is 2. The first-order valence-electron chi connectivity index (χ1n) is 8.81. The largest absolute Gasteiger partial charge is 0.490 e. The van der Waals surface area contributed by atoms with E-state index < -0.39 is 16.9 Å². The molecule has 1 aliphatic heterocycles. The average Bonchev–Trinajstić information content (AvgIpc) is 3.05. The molecule has 0 amide bonds. The summed E-state index contributed by atoms with van der Waals surface area (Å²) in [7, 11) is 0. The molecule has 0 aromatic heterocycles. The number of rotatable bonds is 6. The first-order chi connectivity index (χ1) is 14.7. The smallest absolute Gasteiger partial charge is 0.363 e. The van der Waals surface area contributed by atoms with Crippen LogP contribution in [-0.2, 0) is 14.3 Å². The number of esters is 2. The van der Waals surface area contributed by atoms with Crippen LogP contribution in [0.15, 0.2) is 45.5 Å². The summed E-state index contributed by atoms with van der Waals surface area (Å²) < 4.78 is 16.3. The number of ether oxygens (including phenoxy) is 3. The number of cyclic esters (lactones) is 1. The highest BCUT2D eigenvalue weighted by Crippen LogP contribution is 2.38. The van der Waals surface area contributed by atoms with E-state index in [9.17, 15) is 19.7 Å². The molecule has 0 saturated heterocycles. The standard InChI is InChI=1S/C20H14BrClN2O7/c1-3-29-17-8-11(6-13(21)18(17)30-10(2)25)7-15-20(26)31-19(23-15)12-4-5-14(22)16(9-12)24(27)28/h4-9H,3H2,1-2H3/b15-7-. The number of benzene rings is 2. The highest BCUT2D eigenvalue weighted by atomic mass is 79.9. The van der Waals surface area contributed by atoms with Gasteiger partial charge in [-0.3, -0.25) is 14.9 Å². The molecule has 3 rings (SSSR count). The summed E-state index contributed by atoms with van der Waals surface area (Å²) >= 11 is 9.14. The lowest BCUT2D eigenvalue weighted by Crippen LogP contribution is -2.06. The molecule has 9 nitrogen and oxygen atoms in total. The van der Waals surface area contributed by atoms with E-state index >= 15 is 0 Å². The highest BCUT2D eigenvalue weighted by Gasteiger charge is 2.26. The van der Waals surface area contributed by atoms with Gasteiger partial charge < -0.3 is 14.2 Å². The summed E-state index contributed by atoms with van der Waals surface area (Å²) in [6.07, 6.45) is 1.45. The number of carbonyl (C=O) groups excluding carboxylic acids is 2. The maximum absolute atomic E-state index is 12.3. The molecule has 0 N–H and O–H groups in total. The monoisotopic (exact) mass is 508 g/mol. The van der Waals surface area contributed by atoms with Crippen molar-refractivity contribution < 1.29 is 28.7 Å². The number of nitro groups is 1. The van der Waals surface area contributed by atoms with Gasteiger partial charge in [0.05, 0.1) is 16.0 Å². The Kier molecular flexibility index (Phi) is 6.71. The van der Waals surface area contributed by atoms with E-state index in [1.165, 1.54) is 31.2 Å². The van der Waals surface area contributed by atoms with Crippen LogP contribution in [-0.4, -0.2) is 29.4 Å². The van der Waals surface area contributed by atoms with Gasteiger partial charge in [-0.2, -0.15) is 0 Å².